The third-order valence-corrected chi connectivity index (χ3v) is 19.8. The van der Waals surface area contributed by atoms with Crippen LogP contribution < -0.4 is 0 Å². The number of carbonyl (C=O) groups excluding carboxylic acids is 4. The van der Waals surface area contributed by atoms with Gasteiger partial charge in [0.05, 0.1) is 30.7 Å². The minimum absolute atomic E-state index is 0.00461. The maximum atomic E-state index is 13.6. The molecule has 65 heavy (non-hydrogen) atoms. The molecule has 1 aromatic heterocycles. The molecule has 1 aromatic rings. The third-order valence-electron chi connectivity index (χ3n) is 18.5. The van der Waals surface area contributed by atoms with Crippen molar-refractivity contribution in [3.05, 3.63) is 71.8 Å². The summed E-state index contributed by atoms with van der Waals surface area (Å²) in [6, 6.07) is 1.82. The van der Waals surface area contributed by atoms with Gasteiger partial charge in [-0.2, -0.15) is 0 Å². The molecule has 3 heterocycles. The molecule has 0 radical (unpaired) electrons. The number of thioether (sulfide) groups is 2. The Morgan fingerprint density at radius 3 is 1.75 bits per heavy atom. The fourth-order valence-electron chi connectivity index (χ4n) is 16.1. The van der Waals surface area contributed by atoms with Crippen molar-refractivity contribution in [1.29, 1.82) is 0 Å². The van der Waals surface area contributed by atoms with Crippen LogP contribution in [0.1, 0.15) is 105 Å². The van der Waals surface area contributed by atoms with Crippen molar-refractivity contribution in [2.75, 3.05) is 12.0 Å². The van der Waals surface area contributed by atoms with E-state index < -0.39 is 76.0 Å². The first-order valence-corrected chi connectivity index (χ1v) is 25.2. The summed E-state index contributed by atoms with van der Waals surface area (Å²) in [6.07, 6.45) is 14.1. The molecule has 8 aliphatic carbocycles. The van der Waals surface area contributed by atoms with Gasteiger partial charge in [0.1, 0.15) is 12.0 Å². The van der Waals surface area contributed by atoms with Gasteiger partial charge in [-0.15, -0.1) is 0 Å². The molecular weight excluding hydrogens is 879 g/mol. The lowest BCUT2D eigenvalue weighted by molar-refractivity contribution is -0.221. The molecule has 0 amide bonds. The number of hydrogen-bond acceptors (Lipinski definition) is 13. The second-order valence-electron chi connectivity index (χ2n) is 21.6. The highest BCUT2D eigenvalue weighted by Crippen LogP contribution is 2.73. The summed E-state index contributed by atoms with van der Waals surface area (Å²) in [4.78, 5) is 51.0. The van der Waals surface area contributed by atoms with Gasteiger partial charge < -0.3 is 33.6 Å². The monoisotopic (exact) mass is 938 g/mol. The Morgan fingerprint density at radius 1 is 0.738 bits per heavy atom. The van der Waals surface area contributed by atoms with Crippen molar-refractivity contribution < 1.29 is 61.5 Å². The summed E-state index contributed by atoms with van der Waals surface area (Å²) in [5.74, 6) is -0.135. The molecule has 352 valence electrons. The second-order valence-corrected chi connectivity index (χ2v) is 23.4. The fraction of sp³-hybridized carbons (Fsp3) is 0.680. The molecule has 10 aliphatic rings. The average molecular weight is 939 g/mol. The lowest BCUT2D eigenvalue weighted by atomic mass is 9.46. The van der Waals surface area contributed by atoms with E-state index in [1.807, 2.05) is 26.0 Å². The molecule has 11 rings (SSSR count). The van der Waals surface area contributed by atoms with E-state index in [0.717, 1.165) is 36.8 Å². The van der Waals surface area contributed by atoms with Crippen LogP contribution in [0.15, 0.2) is 70.4 Å². The molecule has 15 heteroatoms. The number of furan rings is 1. The molecule has 0 spiro atoms. The molecule has 0 aromatic carbocycles. The molecule has 1 unspecified atom stereocenters. The van der Waals surface area contributed by atoms with E-state index in [-0.39, 0.29) is 62.7 Å². The number of alkyl halides is 2. The number of ether oxygens (including phenoxy) is 4. The van der Waals surface area contributed by atoms with Crippen LogP contribution in [0.2, 0.25) is 0 Å². The molecule has 6 saturated carbocycles. The maximum Gasteiger partial charge on any atom is 0.226 e. The van der Waals surface area contributed by atoms with E-state index in [4.69, 9.17) is 23.4 Å². The van der Waals surface area contributed by atoms with Crippen molar-refractivity contribution in [2.45, 2.75) is 141 Å². The summed E-state index contributed by atoms with van der Waals surface area (Å²) in [5.41, 5.74) is -2.63. The first-order chi connectivity index (χ1) is 30.7. The van der Waals surface area contributed by atoms with Gasteiger partial charge in [0.2, 0.25) is 16.5 Å². The first kappa shape index (κ1) is 46.0. The van der Waals surface area contributed by atoms with Gasteiger partial charge in [-0.1, -0.05) is 74.5 Å². The number of fused-ring (bicyclic) bond motifs is 14. The zero-order chi connectivity index (χ0) is 46.3. The highest BCUT2D eigenvalue weighted by Gasteiger charge is 2.78. The number of carbonyl (C=O) groups is 4. The van der Waals surface area contributed by atoms with Gasteiger partial charge in [-0.05, 0) is 125 Å². The van der Waals surface area contributed by atoms with E-state index >= 15 is 0 Å². The van der Waals surface area contributed by atoms with Crippen molar-refractivity contribution in [2.24, 2.45) is 57.2 Å². The lowest BCUT2D eigenvalue weighted by Gasteiger charge is -2.59. The number of aliphatic hydroxyl groups is 2. The molecule has 17 atom stereocenters. The number of rotatable bonds is 5. The van der Waals surface area contributed by atoms with Crippen molar-refractivity contribution >= 4 is 45.3 Å². The van der Waals surface area contributed by atoms with Crippen LogP contribution in [0.3, 0.4) is 0 Å². The van der Waals surface area contributed by atoms with Crippen LogP contribution in [-0.4, -0.2) is 85.4 Å². The van der Waals surface area contributed by atoms with E-state index in [1.165, 1.54) is 6.26 Å². The van der Waals surface area contributed by atoms with Crippen LogP contribution in [0, 0.1) is 57.2 Å². The number of aliphatic hydroxyl groups excluding tert-OH is 2. The van der Waals surface area contributed by atoms with E-state index in [2.05, 4.69) is 13.8 Å². The van der Waals surface area contributed by atoms with Crippen LogP contribution in [-0.2, 0) is 38.1 Å². The Hall–Kier alpha value is -2.76. The van der Waals surface area contributed by atoms with E-state index in [9.17, 15) is 38.2 Å². The summed E-state index contributed by atoms with van der Waals surface area (Å²) < 4.78 is 57.5. The number of ketones is 2. The molecule has 2 N–H and O–H groups in total. The van der Waals surface area contributed by atoms with Crippen molar-refractivity contribution in [1.82, 2.24) is 0 Å². The Labute approximate surface area is 386 Å². The highest BCUT2D eigenvalue weighted by atomic mass is 32.2. The summed E-state index contributed by atoms with van der Waals surface area (Å²) in [7, 11) is 0. The lowest BCUT2D eigenvalue weighted by Crippen LogP contribution is -2.63. The quantitative estimate of drug-likeness (QED) is 0.290. The van der Waals surface area contributed by atoms with Gasteiger partial charge in [-0.25, -0.2) is 8.78 Å². The topological polar surface area (TPSA) is 159 Å². The van der Waals surface area contributed by atoms with E-state index in [1.54, 1.807) is 50.3 Å². The van der Waals surface area contributed by atoms with Gasteiger partial charge in [0.15, 0.2) is 34.3 Å². The molecule has 2 aliphatic heterocycles. The van der Waals surface area contributed by atoms with Crippen LogP contribution in [0.25, 0.3) is 0 Å². The Kier molecular flexibility index (Phi) is 11.1. The molecule has 2 saturated heterocycles. The van der Waals surface area contributed by atoms with Gasteiger partial charge in [0, 0.05) is 33.5 Å². The molecule has 8 fully saturated rings. The number of hydrogen-bond donors (Lipinski definition) is 2. The highest BCUT2D eigenvalue weighted by molar-refractivity contribution is 8.14. The number of halogens is 2. The average Bonchev–Trinajstić information content (AvgIpc) is 4.05. The molecule has 11 nitrogen and oxygen atoms in total. The molecular formula is C50H60F2O11S2. The Balaban J connectivity index is 0.000000154. The largest absolute Gasteiger partial charge is 0.464 e. The zero-order valence-corrected chi connectivity index (χ0v) is 39.4. The number of allylic oxidation sites excluding steroid dienone is 8. The Bertz CT molecular complexity index is 2290. The Morgan fingerprint density at radius 2 is 1.25 bits per heavy atom. The molecule has 0 bridgehead atoms. The minimum Gasteiger partial charge on any atom is -0.464 e. The fourth-order valence-corrected chi connectivity index (χ4v) is 17.5. The van der Waals surface area contributed by atoms with Gasteiger partial charge in [-0.3, -0.25) is 19.2 Å². The summed E-state index contributed by atoms with van der Waals surface area (Å²) in [5, 5.41) is 22.5. The standard InChI is InChI=1S/C26H29FO6S.C24H31FO5S/c1-24-8-7-15(28)10-14(24)5-6-16-17-11-20-26(23(30)34-13-27,25(17,2)12-18(29)21(16)24)33-22(32-20)19-4-3-9-31-19;1-21(2)29-18-10-16-15-6-5-13-9-14(26)7-8-22(13,3)19(15)17(27)11-23(16,4)24(18,30-21)20(28)31-12-25/h3-4,7-10,16-18,20-22,29H,5-6,11-13H2,1-2H3;7-9,15-19,27H,5-6,10-12H2,1-4H3/t16-,17-,18-,20+,21+,22?,24-,25-,26-;15-,16-,17-,18+,19+,22-,23-,24-/m00/s1. The normalized spacial score (nSPS) is 48.2. The predicted molar refractivity (Wildman–Crippen MR) is 237 cm³/mol. The SMILES string of the molecule is CC1(C)O[C@@H]2C[C@H]3[C@@H]4CCC5=CC(=O)C=C[C@]5(C)[C@H]4[C@@H](O)C[C@]3(C)[C@]2(C(=O)SCF)O1.C[C@]12C=CC(=O)C=C1CC[C@@H]1[C@@H]2[C@@H](O)C[C@@]2(C)[C@H]1C[C@H]1OC(c3ccco3)O[C@]12C(=O)SCF. The van der Waals surface area contributed by atoms with Crippen LogP contribution in [0.4, 0.5) is 8.78 Å². The summed E-state index contributed by atoms with van der Waals surface area (Å²) in [6.45, 7) is 11.9. The third kappa shape index (κ3) is 6.33. The van der Waals surface area contributed by atoms with Crippen LogP contribution in [0.5, 0.6) is 0 Å². The summed E-state index contributed by atoms with van der Waals surface area (Å²) >= 11 is 1.27. The smallest absolute Gasteiger partial charge is 0.226 e. The zero-order valence-electron chi connectivity index (χ0n) is 37.8. The van der Waals surface area contributed by atoms with Gasteiger partial charge >= 0.3 is 0 Å². The van der Waals surface area contributed by atoms with Crippen LogP contribution >= 0.6 is 23.5 Å². The first-order valence-electron chi connectivity index (χ1n) is 23.2. The minimum atomic E-state index is -1.37. The van der Waals surface area contributed by atoms with Gasteiger partial charge in [0.25, 0.3) is 0 Å². The van der Waals surface area contributed by atoms with E-state index in [0.29, 0.717) is 55.0 Å². The maximum absolute atomic E-state index is 13.6. The van der Waals surface area contributed by atoms with Crippen molar-refractivity contribution in [3.63, 3.8) is 0 Å². The second kappa shape index (κ2) is 15.6. The van der Waals surface area contributed by atoms with Crippen molar-refractivity contribution in [3.8, 4) is 0 Å². The predicted octanol–water partition coefficient (Wildman–Crippen LogP) is 8.46.